The molecule has 1 N–H and O–H groups in total. The number of likely N-dealkylation sites (tertiary alicyclic amines) is 1. The van der Waals surface area contributed by atoms with Crippen LogP contribution in [0.25, 0.3) is 0 Å². The second-order valence-corrected chi connectivity index (χ2v) is 5.93. The molecule has 0 aliphatic carbocycles. The van der Waals surface area contributed by atoms with Crippen LogP contribution in [0, 0.1) is 5.82 Å². The third kappa shape index (κ3) is 3.30. The molecule has 3 heteroatoms. The van der Waals surface area contributed by atoms with E-state index in [0.29, 0.717) is 6.04 Å². The van der Waals surface area contributed by atoms with Crippen LogP contribution in [0.15, 0.2) is 24.3 Å². The number of piperidine rings is 1. The van der Waals surface area contributed by atoms with Crippen LogP contribution in [0.3, 0.4) is 0 Å². The molecule has 0 saturated carbocycles. The number of hydrogen-bond donors (Lipinski definition) is 1. The summed E-state index contributed by atoms with van der Waals surface area (Å²) < 4.78 is 12.8. The molecule has 0 amide bonds. The van der Waals surface area contributed by atoms with Gasteiger partial charge >= 0.3 is 0 Å². The smallest absolute Gasteiger partial charge is 0.123 e. The first-order chi connectivity index (χ1) is 8.47. The maximum atomic E-state index is 12.8. The maximum Gasteiger partial charge on any atom is 0.123 e. The van der Waals surface area contributed by atoms with Crippen molar-refractivity contribution in [3.8, 4) is 0 Å². The lowest BCUT2D eigenvalue weighted by Crippen LogP contribution is -2.52. The van der Waals surface area contributed by atoms with E-state index in [1.54, 1.807) is 0 Å². The highest BCUT2D eigenvalue weighted by molar-refractivity contribution is 5.15. The lowest BCUT2D eigenvalue weighted by Gasteiger charge is -2.43. The Hall–Kier alpha value is -0.930. The zero-order valence-electron chi connectivity index (χ0n) is 11.5. The summed E-state index contributed by atoms with van der Waals surface area (Å²) in [5.41, 5.74) is 1.41. The normalized spacial score (nSPS) is 24.1. The van der Waals surface area contributed by atoms with Gasteiger partial charge in [-0.25, -0.2) is 4.39 Å². The largest absolute Gasteiger partial charge is 0.310 e. The van der Waals surface area contributed by atoms with E-state index in [4.69, 9.17) is 0 Å². The van der Waals surface area contributed by atoms with Gasteiger partial charge in [-0.2, -0.15) is 0 Å². The molecule has 0 aromatic heterocycles. The molecular weight excluding hydrogens is 227 g/mol. The van der Waals surface area contributed by atoms with Gasteiger partial charge in [0.25, 0.3) is 0 Å². The van der Waals surface area contributed by atoms with Crippen molar-refractivity contribution in [1.82, 2.24) is 10.2 Å². The van der Waals surface area contributed by atoms with Gasteiger partial charge in [0.1, 0.15) is 5.82 Å². The summed E-state index contributed by atoms with van der Waals surface area (Å²) in [5.74, 6) is -0.167. The first-order valence-electron chi connectivity index (χ1n) is 6.66. The molecular formula is C15H23FN2. The van der Waals surface area contributed by atoms with Gasteiger partial charge in [0, 0.05) is 18.1 Å². The third-order valence-corrected chi connectivity index (χ3v) is 4.10. The van der Waals surface area contributed by atoms with Gasteiger partial charge in [-0.3, -0.25) is 0 Å². The molecule has 1 aromatic carbocycles. The van der Waals surface area contributed by atoms with Crippen molar-refractivity contribution in [2.24, 2.45) is 0 Å². The van der Waals surface area contributed by atoms with Gasteiger partial charge in [-0.15, -0.1) is 0 Å². The molecule has 0 radical (unpaired) electrons. The van der Waals surface area contributed by atoms with Gasteiger partial charge in [-0.1, -0.05) is 12.1 Å². The predicted molar refractivity (Wildman–Crippen MR) is 73.0 cm³/mol. The van der Waals surface area contributed by atoms with Gasteiger partial charge in [0.2, 0.25) is 0 Å². The van der Waals surface area contributed by atoms with E-state index in [1.165, 1.54) is 18.6 Å². The van der Waals surface area contributed by atoms with Crippen LogP contribution in [0.2, 0.25) is 0 Å². The Bertz CT molecular complexity index is 386. The van der Waals surface area contributed by atoms with Gasteiger partial charge in [-0.05, 0) is 58.0 Å². The number of nitrogens with one attached hydrogen (secondary N) is 1. The Morgan fingerprint density at radius 1 is 1.33 bits per heavy atom. The summed E-state index contributed by atoms with van der Waals surface area (Å²) >= 11 is 0. The lowest BCUT2D eigenvalue weighted by molar-refractivity contribution is 0.0850. The highest BCUT2D eigenvalue weighted by Crippen LogP contribution is 2.26. The van der Waals surface area contributed by atoms with Crippen molar-refractivity contribution in [1.29, 1.82) is 0 Å². The summed E-state index contributed by atoms with van der Waals surface area (Å²) in [5, 5.41) is 3.58. The summed E-state index contributed by atoms with van der Waals surface area (Å²) in [6, 6.07) is 7.30. The van der Waals surface area contributed by atoms with Crippen molar-refractivity contribution in [3.05, 3.63) is 35.6 Å². The van der Waals surface area contributed by atoms with Crippen LogP contribution in [-0.2, 0) is 6.54 Å². The van der Waals surface area contributed by atoms with Crippen molar-refractivity contribution in [2.45, 2.75) is 44.8 Å². The van der Waals surface area contributed by atoms with Crippen LogP contribution in [0.5, 0.6) is 0 Å². The summed E-state index contributed by atoms with van der Waals surface area (Å²) in [6.45, 7) is 6.54. The number of rotatable bonds is 3. The molecule has 2 rings (SSSR count). The van der Waals surface area contributed by atoms with Crippen molar-refractivity contribution in [2.75, 3.05) is 13.6 Å². The maximum absolute atomic E-state index is 12.8. The highest BCUT2D eigenvalue weighted by atomic mass is 19.1. The zero-order valence-corrected chi connectivity index (χ0v) is 11.5. The van der Waals surface area contributed by atoms with E-state index in [1.807, 2.05) is 12.1 Å². The standard InChI is InChI=1S/C15H23FN2/c1-15(2)10-14(8-9-18(15)3)17-11-12-4-6-13(16)7-5-12/h4-7,14,17H,8-11H2,1-3H3. The van der Waals surface area contributed by atoms with Crippen molar-refractivity contribution in [3.63, 3.8) is 0 Å². The fraction of sp³-hybridized carbons (Fsp3) is 0.600. The fourth-order valence-corrected chi connectivity index (χ4v) is 2.55. The monoisotopic (exact) mass is 250 g/mol. The fourth-order valence-electron chi connectivity index (χ4n) is 2.55. The van der Waals surface area contributed by atoms with E-state index in [-0.39, 0.29) is 11.4 Å². The minimum Gasteiger partial charge on any atom is -0.310 e. The second-order valence-electron chi connectivity index (χ2n) is 5.93. The van der Waals surface area contributed by atoms with Gasteiger partial charge in [0.15, 0.2) is 0 Å². The van der Waals surface area contributed by atoms with E-state index in [0.717, 1.165) is 25.1 Å². The molecule has 1 heterocycles. The predicted octanol–water partition coefficient (Wildman–Crippen LogP) is 2.79. The average Bonchev–Trinajstić information content (AvgIpc) is 2.32. The van der Waals surface area contributed by atoms with Gasteiger partial charge < -0.3 is 10.2 Å². The Labute approximate surface area is 109 Å². The topological polar surface area (TPSA) is 15.3 Å². The number of hydrogen-bond acceptors (Lipinski definition) is 2. The van der Waals surface area contributed by atoms with Gasteiger partial charge in [0.05, 0.1) is 0 Å². The van der Waals surface area contributed by atoms with Crippen molar-refractivity contribution < 1.29 is 4.39 Å². The molecule has 0 spiro atoms. The SMILES string of the molecule is CN1CCC(NCc2ccc(F)cc2)CC1(C)C. The molecule has 1 aliphatic rings. The molecule has 2 nitrogen and oxygen atoms in total. The Balaban J connectivity index is 1.86. The molecule has 100 valence electrons. The molecule has 0 bridgehead atoms. The molecule has 1 aliphatic heterocycles. The quantitative estimate of drug-likeness (QED) is 0.887. The van der Waals surface area contributed by atoms with E-state index in [9.17, 15) is 4.39 Å². The lowest BCUT2D eigenvalue weighted by atomic mass is 9.87. The molecule has 18 heavy (non-hydrogen) atoms. The molecule has 1 fully saturated rings. The molecule has 1 unspecified atom stereocenters. The van der Waals surface area contributed by atoms with Crippen LogP contribution in [-0.4, -0.2) is 30.1 Å². The van der Waals surface area contributed by atoms with Crippen molar-refractivity contribution >= 4 is 0 Å². The summed E-state index contributed by atoms with van der Waals surface area (Å²) in [4.78, 5) is 2.42. The summed E-state index contributed by atoms with van der Waals surface area (Å²) in [7, 11) is 2.19. The average molecular weight is 250 g/mol. The third-order valence-electron chi connectivity index (χ3n) is 4.10. The Morgan fingerprint density at radius 2 is 2.00 bits per heavy atom. The van der Waals surface area contributed by atoms with E-state index in [2.05, 4.69) is 31.1 Å². The van der Waals surface area contributed by atoms with E-state index < -0.39 is 0 Å². The van der Waals surface area contributed by atoms with Crippen LogP contribution >= 0.6 is 0 Å². The number of nitrogens with zero attached hydrogens (tertiary/aromatic N) is 1. The summed E-state index contributed by atoms with van der Waals surface area (Å²) in [6.07, 6.45) is 2.34. The second kappa shape index (κ2) is 5.37. The van der Waals surface area contributed by atoms with Crippen LogP contribution in [0.4, 0.5) is 4.39 Å². The van der Waals surface area contributed by atoms with Crippen LogP contribution < -0.4 is 5.32 Å². The molecule has 1 atom stereocenters. The highest BCUT2D eigenvalue weighted by Gasteiger charge is 2.31. The zero-order chi connectivity index (χ0) is 13.2. The number of halogens is 1. The first-order valence-corrected chi connectivity index (χ1v) is 6.66. The first kappa shape index (κ1) is 13.5. The van der Waals surface area contributed by atoms with Crippen LogP contribution in [0.1, 0.15) is 32.3 Å². The van der Waals surface area contributed by atoms with E-state index >= 15 is 0 Å². The minimum atomic E-state index is -0.167. The number of benzene rings is 1. The Morgan fingerprint density at radius 3 is 2.61 bits per heavy atom. The Kier molecular flexibility index (Phi) is 4.03. The molecule has 1 saturated heterocycles. The minimum absolute atomic E-state index is 0.167. The molecule has 1 aromatic rings.